The van der Waals surface area contributed by atoms with Crippen LogP contribution in [-0.2, 0) is 14.8 Å². The van der Waals surface area contributed by atoms with Crippen LogP contribution in [0.4, 0.5) is 23.0 Å². The van der Waals surface area contributed by atoms with Gasteiger partial charge in [0.15, 0.2) is 0 Å². The van der Waals surface area contributed by atoms with Gasteiger partial charge in [-0.1, -0.05) is 12.6 Å². The Kier molecular flexibility index (Phi) is 7.27. The number of nitrogens with one attached hydrogen (secondary N) is 2. The molecular formula is C26H26N6O4S2. The molecule has 0 unspecified atom stereocenters. The maximum atomic E-state index is 11.8. The molecule has 2 aromatic carbocycles. The van der Waals surface area contributed by atoms with Gasteiger partial charge in [-0.15, -0.1) is 11.3 Å². The highest BCUT2D eigenvalue weighted by atomic mass is 32.2. The molecule has 12 heteroatoms. The molecule has 0 saturated carbocycles. The first-order valence-electron chi connectivity index (χ1n) is 11.8. The average molecular weight is 551 g/mol. The number of sulfonamides is 1. The van der Waals surface area contributed by atoms with Crippen LogP contribution in [0.2, 0.25) is 0 Å². The van der Waals surface area contributed by atoms with Crippen LogP contribution in [-0.4, -0.2) is 61.0 Å². The zero-order valence-electron chi connectivity index (χ0n) is 20.6. The molecule has 5 rings (SSSR count). The molecule has 0 spiro atoms. The third kappa shape index (κ3) is 5.93. The maximum absolute atomic E-state index is 11.8. The fourth-order valence-corrected chi connectivity index (χ4v) is 5.65. The van der Waals surface area contributed by atoms with E-state index in [0.29, 0.717) is 49.4 Å². The van der Waals surface area contributed by atoms with Crippen molar-refractivity contribution in [2.24, 2.45) is 0 Å². The molecule has 0 bridgehead atoms. The number of piperazine rings is 1. The van der Waals surface area contributed by atoms with Gasteiger partial charge in [0.05, 0.1) is 11.8 Å². The average Bonchev–Trinajstić information content (AvgIpc) is 3.38. The van der Waals surface area contributed by atoms with Gasteiger partial charge >= 0.3 is 0 Å². The zero-order valence-corrected chi connectivity index (χ0v) is 22.3. The second-order valence-corrected chi connectivity index (χ2v) is 11.5. The van der Waals surface area contributed by atoms with Gasteiger partial charge in [0.1, 0.15) is 10.4 Å². The number of thiophene rings is 1. The number of hydrogen-bond donors (Lipinski definition) is 2. The van der Waals surface area contributed by atoms with Gasteiger partial charge in [0, 0.05) is 49.3 Å². The molecular weight excluding hydrogens is 524 g/mol. The summed E-state index contributed by atoms with van der Waals surface area (Å²) in [6.07, 6.45) is 2.45. The van der Waals surface area contributed by atoms with Crippen molar-refractivity contribution < 1.29 is 17.9 Å². The quantitative estimate of drug-likeness (QED) is 0.310. The minimum absolute atomic E-state index is 0.307. The van der Waals surface area contributed by atoms with Crippen LogP contribution in [0.5, 0.6) is 11.6 Å². The maximum Gasteiger partial charge on any atom is 0.247 e. The van der Waals surface area contributed by atoms with E-state index in [9.17, 15) is 13.2 Å². The van der Waals surface area contributed by atoms with Gasteiger partial charge < -0.3 is 20.3 Å². The van der Waals surface area contributed by atoms with Crippen LogP contribution in [0.3, 0.4) is 0 Å². The van der Waals surface area contributed by atoms with E-state index in [1.807, 2.05) is 35.7 Å². The van der Waals surface area contributed by atoms with E-state index in [0.717, 1.165) is 21.6 Å². The number of carbonyl (C=O) groups is 1. The first-order valence-corrected chi connectivity index (χ1v) is 14.5. The van der Waals surface area contributed by atoms with Gasteiger partial charge in [-0.05, 0) is 53.9 Å². The lowest BCUT2D eigenvalue weighted by Crippen LogP contribution is -2.48. The second kappa shape index (κ2) is 10.8. The Hall–Kier alpha value is -4.00. The number of nitrogens with zero attached hydrogens (tertiary/aromatic N) is 4. The molecule has 1 aliphatic rings. The molecule has 1 aliphatic heterocycles. The highest BCUT2D eigenvalue weighted by molar-refractivity contribution is 7.88. The summed E-state index contributed by atoms with van der Waals surface area (Å²) in [6.45, 7) is 5.68. The summed E-state index contributed by atoms with van der Waals surface area (Å²) in [6, 6.07) is 16.8. The van der Waals surface area contributed by atoms with E-state index in [1.54, 1.807) is 24.3 Å². The molecule has 0 aliphatic carbocycles. The predicted molar refractivity (Wildman–Crippen MR) is 151 cm³/mol. The number of benzene rings is 2. The van der Waals surface area contributed by atoms with Gasteiger partial charge in [0.2, 0.25) is 27.8 Å². The number of rotatable bonds is 8. The Morgan fingerprint density at radius 2 is 1.82 bits per heavy atom. The van der Waals surface area contributed by atoms with Crippen molar-refractivity contribution in [3.63, 3.8) is 0 Å². The number of fused-ring (bicyclic) bond motifs is 1. The molecule has 1 amide bonds. The number of hydrogen-bond acceptors (Lipinski definition) is 9. The van der Waals surface area contributed by atoms with Gasteiger partial charge in [-0.25, -0.2) is 13.4 Å². The first kappa shape index (κ1) is 25.6. The van der Waals surface area contributed by atoms with Gasteiger partial charge in [0.25, 0.3) is 0 Å². The first-order chi connectivity index (χ1) is 18.3. The van der Waals surface area contributed by atoms with Crippen molar-refractivity contribution in [1.29, 1.82) is 0 Å². The van der Waals surface area contributed by atoms with Crippen LogP contribution >= 0.6 is 11.3 Å². The molecule has 2 N–H and O–H groups in total. The SMILES string of the molecule is C=CC(=O)Nc1cccc(Oc2nc(Nc3ccc(N4CCN(S(C)(=O)=O)CC4)cc3)nc3ccsc23)c1. The molecule has 38 heavy (non-hydrogen) atoms. The molecule has 10 nitrogen and oxygen atoms in total. The standard InChI is InChI=1S/C26H26N6O4S2/c1-3-23(33)27-19-5-4-6-21(17-19)36-25-24-22(11-16-37-24)29-26(30-25)28-18-7-9-20(10-8-18)31-12-14-32(15-13-31)38(2,34)35/h3-11,16-17H,1,12-15H2,2H3,(H,27,33)(H,28,29,30). The summed E-state index contributed by atoms with van der Waals surface area (Å²) >= 11 is 1.48. The van der Waals surface area contributed by atoms with Crippen molar-refractivity contribution in [2.45, 2.75) is 0 Å². The minimum atomic E-state index is -3.16. The molecule has 0 radical (unpaired) electrons. The minimum Gasteiger partial charge on any atom is -0.437 e. The Balaban J connectivity index is 1.31. The summed E-state index contributed by atoms with van der Waals surface area (Å²) in [7, 11) is -3.16. The fourth-order valence-electron chi connectivity index (χ4n) is 4.07. The van der Waals surface area contributed by atoms with Crippen LogP contribution in [0, 0.1) is 0 Å². The number of anilines is 4. The van der Waals surface area contributed by atoms with Crippen LogP contribution < -0.4 is 20.3 Å². The topological polar surface area (TPSA) is 117 Å². The highest BCUT2D eigenvalue weighted by Gasteiger charge is 2.23. The second-order valence-electron chi connectivity index (χ2n) is 8.63. The summed E-state index contributed by atoms with van der Waals surface area (Å²) < 4.78 is 31.9. The molecule has 196 valence electrons. The van der Waals surface area contributed by atoms with Crippen LogP contribution in [0.1, 0.15) is 0 Å². The molecule has 4 aromatic rings. The normalized spacial score (nSPS) is 14.3. The van der Waals surface area contributed by atoms with Crippen molar-refractivity contribution in [3.05, 3.63) is 72.6 Å². The Bertz CT molecular complexity index is 1580. The summed E-state index contributed by atoms with van der Waals surface area (Å²) in [5.41, 5.74) is 3.16. The number of carbonyl (C=O) groups excluding carboxylic acids is 1. The summed E-state index contributed by atoms with van der Waals surface area (Å²) in [5.74, 6) is 1.00. The Labute approximate surface area is 224 Å². The lowest BCUT2D eigenvalue weighted by molar-refractivity contribution is -0.111. The third-order valence-corrected chi connectivity index (χ3v) is 8.17. The van der Waals surface area contributed by atoms with Crippen molar-refractivity contribution in [1.82, 2.24) is 14.3 Å². The number of aromatic nitrogens is 2. The van der Waals surface area contributed by atoms with Gasteiger partial charge in [-0.3, -0.25) is 4.79 Å². The van der Waals surface area contributed by atoms with Crippen molar-refractivity contribution in [3.8, 4) is 11.6 Å². The van der Waals surface area contributed by atoms with Crippen LogP contribution in [0.25, 0.3) is 10.2 Å². The van der Waals surface area contributed by atoms with Gasteiger partial charge in [-0.2, -0.15) is 9.29 Å². The molecule has 1 saturated heterocycles. The lowest BCUT2D eigenvalue weighted by atomic mass is 10.2. The monoisotopic (exact) mass is 550 g/mol. The van der Waals surface area contributed by atoms with E-state index < -0.39 is 10.0 Å². The third-order valence-electron chi connectivity index (χ3n) is 5.97. The van der Waals surface area contributed by atoms with E-state index >= 15 is 0 Å². The van der Waals surface area contributed by atoms with E-state index in [2.05, 4.69) is 32.1 Å². The fraction of sp³-hybridized carbons (Fsp3) is 0.192. The van der Waals surface area contributed by atoms with Crippen molar-refractivity contribution >= 4 is 60.5 Å². The highest BCUT2D eigenvalue weighted by Crippen LogP contribution is 2.34. The predicted octanol–water partition coefficient (Wildman–Crippen LogP) is 4.43. The molecule has 1 fully saturated rings. The van der Waals surface area contributed by atoms with Crippen molar-refractivity contribution in [2.75, 3.05) is 48.0 Å². The lowest BCUT2D eigenvalue weighted by Gasteiger charge is -2.34. The summed E-state index contributed by atoms with van der Waals surface area (Å²) in [4.78, 5) is 23.0. The molecule has 0 atom stereocenters. The largest absolute Gasteiger partial charge is 0.437 e. The number of ether oxygens (including phenoxy) is 1. The molecule has 2 aromatic heterocycles. The van der Waals surface area contributed by atoms with E-state index in [4.69, 9.17) is 4.74 Å². The summed E-state index contributed by atoms with van der Waals surface area (Å²) in [5, 5.41) is 7.89. The Morgan fingerprint density at radius 3 is 2.53 bits per heavy atom. The molecule has 3 heterocycles. The van der Waals surface area contributed by atoms with E-state index in [-0.39, 0.29) is 5.91 Å². The zero-order chi connectivity index (χ0) is 26.7. The smallest absolute Gasteiger partial charge is 0.247 e. The van der Waals surface area contributed by atoms with E-state index in [1.165, 1.54) is 28.0 Å². The van der Waals surface area contributed by atoms with Crippen LogP contribution in [0.15, 0.2) is 72.6 Å². The number of amides is 1. The Morgan fingerprint density at radius 1 is 1.05 bits per heavy atom.